The standard InChI is InChI=1S/C14H26N4O2/c1-3-14-12(10-17(2)16-14)8-15-9-13(19)11-18-4-6-20-7-5-18/h10,13,15,19H,3-9,11H2,1-2H3. The molecule has 0 aromatic carbocycles. The molecular formula is C14H26N4O2. The minimum absolute atomic E-state index is 0.338. The van der Waals surface area contributed by atoms with E-state index in [1.54, 1.807) is 0 Å². The highest BCUT2D eigenvalue weighted by Crippen LogP contribution is 2.06. The van der Waals surface area contributed by atoms with Crippen LogP contribution >= 0.6 is 0 Å². The fourth-order valence-corrected chi connectivity index (χ4v) is 2.55. The molecule has 1 unspecified atom stereocenters. The minimum atomic E-state index is -0.338. The number of β-amino-alcohol motifs (C(OH)–C–C–N with tert-alkyl or cyclic N) is 1. The van der Waals surface area contributed by atoms with Gasteiger partial charge < -0.3 is 15.2 Å². The van der Waals surface area contributed by atoms with Crippen LogP contribution < -0.4 is 5.32 Å². The largest absolute Gasteiger partial charge is 0.390 e. The van der Waals surface area contributed by atoms with Crippen LogP contribution in [0.3, 0.4) is 0 Å². The maximum atomic E-state index is 10.0. The number of aromatic nitrogens is 2. The van der Waals surface area contributed by atoms with Gasteiger partial charge in [0.25, 0.3) is 0 Å². The monoisotopic (exact) mass is 282 g/mol. The maximum absolute atomic E-state index is 10.0. The molecule has 0 amide bonds. The Balaban J connectivity index is 1.69. The molecule has 2 rings (SSSR count). The molecule has 0 radical (unpaired) electrons. The Bertz CT molecular complexity index is 402. The molecule has 1 aliphatic heterocycles. The zero-order valence-corrected chi connectivity index (χ0v) is 12.5. The van der Waals surface area contributed by atoms with Crippen molar-refractivity contribution in [3.8, 4) is 0 Å². The second-order valence-electron chi connectivity index (χ2n) is 5.33. The molecule has 0 spiro atoms. The van der Waals surface area contributed by atoms with Gasteiger partial charge in [-0.3, -0.25) is 9.58 Å². The van der Waals surface area contributed by atoms with Crippen LogP contribution in [0.2, 0.25) is 0 Å². The van der Waals surface area contributed by atoms with Gasteiger partial charge in [0.1, 0.15) is 0 Å². The van der Waals surface area contributed by atoms with Crippen LogP contribution in [0.25, 0.3) is 0 Å². The van der Waals surface area contributed by atoms with Crippen molar-refractivity contribution in [1.82, 2.24) is 20.0 Å². The number of aliphatic hydroxyl groups excluding tert-OH is 1. The Morgan fingerprint density at radius 3 is 2.90 bits per heavy atom. The summed E-state index contributed by atoms with van der Waals surface area (Å²) < 4.78 is 7.15. The first-order valence-electron chi connectivity index (χ1n) is 7.39. The van der Waals surface area contributed by atoms with Crippen LogP contribution in [0, 0.1) is 0 Å². The van der Waals surface area contributed by atoms with Gasteiger partial charge >= 0.3 is 0 Å². The first kappa shape index (κ1) is 15.4. The number of nitrogens with one attached hydrogen (secondary N) is 1. The van der Waals surface area contributed by atoms with E-state index in [0.29, 0.717) is 13.1 Å². The lowest BCUT2D eigenvalue weighted by atomic mass is 10.2. The lowest BCUT2D eigenvalue weighted by molar-refractivity contribution is 0.0149. The van der Waals surface area contributed by atoms with Crippen molar-refractivity contribution in [2.24, 2.45) is 7.05 Å². The quantitative estimate of drug-likeness (QED) is 0.723. The van der Waals surface area contributed by atoms with Gasteiger partial charge in [-0.15, -0.1) is 0 Å². The molecule has 2 heterocycles. The van der Waals surface area contributed by atoms with Gasteiger partial charge in [-0.05, 0) is 6.42 Å². The third-order valence-electron chi connectivity index (χ3n) is 3.59. The Hall–Kier alpha value is -0.950. The molecule has 114 valence electrons. The third-order valence-corrected chi connectivity index (χ3v) is 3.59. The van der Waals surface area contributed by atoms with E-state index in [2.05, 4.69) is 22.2 Å². The van der Waals surface area contributed by atoms with Crippen LogP contribution in [0.15, 0.2) is 6.20 Å². The van der Waals surface area contributed by atoms with Crippen LogP contribution in [-0.2, 0) is 24.8 Å². The fourth-order valence-electron chi connectivity index (χ4n) is 2.55. The van der Waals surface area contributed by atoms with Gasteiger partial charge in [-0.1, -0.05) is 6.92 Å². The summed E-state index contributed by atoms with van der Waals surface area (Å²) in [5.74, 6) is 0. The normalized spacial score (nSPS) is 18.4. The number of aliphatic hydroxyl groups is 1. The van der Waals surface area contributed by atoms with E-state index in [1.807, 2.05) is 17.9 Å². The molecule has 1 atom stereocenters. The maximum Gasteiger partial charge on any atom is 0.0791 e. The van der Waals surface area contributed by atoms with Crippen LogP contribution in [0.5, 0.6) is 0 Å². The SMILES string of the molecule is CCc1nn(C)cc1CNCC(O)CN1CCOCC1. The van der Waals surface area contributed by atoms with Gasteiger partial charge in [0, 0.05) is 51.5 Å². The summed E-state index contributed by atoms with van der Waals surface area (Å²) in [5, 5.41) is 17.8. The molecule has 0 aliphatic carbocycles. The Morgan fingerprint density at radius 2 is 2.20 bits per heavy atom. The van der Waals surface area contributed by atoms with Crippen molar-refractivity contribution in [3.63, 3.8) is 0 Å². The van der Waals surface area contributed by atoms with E-state index >= 15 is 0 Å². The lowest BCUT2D eigenvalue weighted by Crippen LogP contribution is -2.43. The van der Waals surface area contributed by atoms with E-state index in [1.165, 1.54) is 5.56 Å². The van der Waals surface area contributed by atoms with Crippen LogP contribution in [-0.4, -0.2) is 65.3 Å². The molecular weight excluding hydrogens is 256 g/mol. The molecule has 1 saturated heterocycles. The third kappa shape index (κ3) is 4.56. The summed E-state index contributed by atoms with van der Waals surface area (Å²) in [5.41, 5.74) is 2.34. The molecule has 1 aromatic heterocycles. The van der Waals surface area contributed by atoms with Crippen molar-refractivity contribution in [1.29, 1.82) is 0 Å². The molecule has 1 aromatic rings. The smallest absolute Gasteiger partial charge is 0.0791 e. The summed E-state index contributed by atoms with van der Waals surface area (Å²) in [6, 6.07) is 0. The fraction of sp³-hybridized carbons (Fsp3) is 0.786. The van der Waals surface area contributed by atoms with Gasteiger partial charge in [-0.25, -0.2) is 0 Å². The summed E-state index contributed by atoms with van der Waals surface area (Å²) in [4.78, 5) is 2.25. The van der Waals surface area contributed by atoms with Crippen LogP contribution in [0.4, 0.5) is 0 Å². The molecule has 1 aliphatic rings. The molecule has 0 saturated carbocycles. The van der Waals surface area contributed by atoms with Crippen LogP contribution in [0.1, 0.15) is 18.2 Å². The van der Waals surface area contributed by atoms with E-state index < -0.39 is 0 Å². The number of hydrogen-bond acceptors (Lipinski definition) is 5. The van der Waals surface area contributed by atoms with E-state index in [4.69, 9.17) is 4.74 Å². The number of nitrogens with zero attached hydrogens (tertiary/aromatic N) is 3. The minimum Gasteiger partial charge on any atom is -0.390 e. The van der Waals surface area contributed by atoms with Gasteiger partial charge in [0.15, 0.2) is 0 Å². The highest BCUT2D eigenvalue weighted by atomic mass is 16.5. The van der Waals surface area contributed by atoms with Gasteiger partial charge in [-0.2, -0.15) is 5.10 Å². The topological polar surface area (TPSA) is 62.5 Å². The molecule has 6 nitrogen and oxygen atoms in total. The first-order chi connectivity index (χ1) is 9.69. The molecule has 1 fully saturated rings. The average molecular weight is 282 g/mol. The zero-order valence-electron chi connectivity index (χ0n) is 12.5. The van der Waals surface area contributed by atoms with E-state index in [9.17, 15) is 5.11 Å². The second-order valence-corrected chi connectivity index (χ2v) is 5.33. The summed E-state index contributed by atoms with van der Waals surface area (Å²) in [7, 11) is 1.94. The second kappa shape index (κ2) is 7.73. The molecule has 20 heavy (non-hydrogen) atoms. The van der Waals surface area contributed by atoms with Crippen molar-refractivity contribution in [3.05, 3.63) is 17.5 Å². The number of ether oxygens (including phenoxy) is 1. The summed E-state index contributed by atoms with van der Waals surface area (Å²) in [6.07, 6.45) is 2.64. The zero-order chi connectivity index (χ0) is 14.4. The van der Waals surface area contributed by atoms with Crippen molar-refractivity contribution in [2.45, 2.75) is 26.0 Å². The lowest BCUT2D eigenvalue weighted by Gasteiger charge is -2.28. The Morgan fingerprint density at radius 1 is 1.45 bits per heavy atom. The first-order valence-corrected chi connectivity index (χ1v) is 7.39. The Kier molecular flexibility index (Phi) is 5.97. The average Bonchev–Trinajstić information content (AvgIpc) is 2.80. The molecule has 6 heteroatoms. The highest BCUT2D eigenvalue weighted by molar-refractivity contribution is 5.16. The highest BCUT2D eigenvalue weighted by Gasteiger charge is 2.14. The number of hydrogen-bond donors (Lipinski definition) is 2. The summed E-state index contributed by atoms with van der Waals surface area (Å²) in [6.45, 7) is 7.57. The van der Waals surface area contributed by atoms with Crippen molar-refractivity contribution < 1.29 is 9.84 Å². The molecule has 0 bridgehead atoms. The Labute approximate surface area is 120 Å². The van der Waals surface area contributed by atoms with Gasteiger partial charge in [0.05, 0.1) is 25.0 Å². The predicted molar refractivity (Wildman–Crippen MR) is 77.6 cm³/mol. The van der Waals surface area contributed by atoms with E-state index in [0.717, 1.165) is 45.0 Å². The van der Waals surface area contributed by atoms with E-state index in [-0.39, 0.29) is 6.10 Å². The van der Waals surface area contributed by atoms with Crippen molar-refractivity contribution >= 4 is 0 Å². The molecule has 2 N–H and O–H groups in total. The van der Waals surface area contributed by atoms with Gasteiger partial charge in [0.2, 0.25) is 0 Å². The predicted octanol–water partition coefficient (Wildman–Crippen LogP) is -0.235. The number of aryl methyl sites for hydroxylation is 2. The number of morpholine rings is 1. The van der Waals surface area contributed by atoms with Crippen molar-refractivity contribution in [2.75, 3.05) is 39.4 Å². The summed E-state index contributed by atoms with van der Waals surface area (Å²) >= 11 is 0. The number of rotatable bonds is 7.